The maximum Gasteiger partial charge on any atom is 1.00 e. The number of ether oxygens (including phenoxy) is 6. The molecule has 4 rings (SSSR count). The molecular formula is C30H21K3O12. The van der Waals surface area contributed by atoms with Crippen molar-refractivity contribution in [2.24, 2.45) is 0 Å². The molecule has 0 atom stereocenters. The molecule has 12 nitrogen and oxygen atoms in total. The zero-order chi connectivity index (χ0) is 29.9. The van der Waals surface area contributed by atoms with E-state index in [4.69, 9.17) is 28.4 Å². The third-order valence-corrected chi connectivity index (χ3v) is 5.10. The monoisotopic (exact) mass is 690 g/mol. The summed E-state index contributed by atoms with van der Waals surface area (Å²) in [4.78, 5) is 31.8. The molecule has 0 bridgehead atoms. The van der Waals surface area contributed by atoms with Gasteiger partial charge in [-0.05, 0) is 72.8 Å². The van der Waals surface area contributed by atoms with Gasteiger partial charge in [-0.15, -0.1) is 0 Å². The van der Waals surface area contributed by atoms with Crippen molar-refractivity contribution in [1.29, 1.82) is 0 Å². The van der Waals surface area contributed by atoms with Gasteiger partial charge in [0.1, 0.15) is 71.6 Å². The van der Waals surface area contributed by atoms with Crippen LogP contribution in [-0.4, -0.2) is 37.7 Å². The molecule has 0 unspecified atom stereocenters. The molecule has 0 aromatic heterocycles. The number of benzene rings is 4. The molecule has 0 aliphatic heterocycles. The second-order valence-electron chi connectivity index (χ2n) is 8.34. The van der Waals surface area contributed by atoms with E-state index in [0.717, 1.165) is 0 Å². The molecule has 0 fully saturated rings. The van der Waals surface area contributed by atoms with Crippen molar-refractivity contribution in [3.05, 3.63) is 91.0 Å². The van der Waals surface area contributed by atoms with Crippen LogP contribution in [0.15, 0.2) is 91.0 Å². The second kappa shape index (κ2) is 21.8. The van der Waals surface area contributed by atoms with Crippen molar-refractivity contribution in [3.8, 4) is 51.7 Å². The summed E-state index contributed by atoms with van der Waals surface area (Å²) < 4.78 is 33.1. The van der Waals surface area contributed by atoms with E-state index in [1.165, 1.54) is 36.4 Å². The molecular weight excluding hydrogens is 670 g/mol. The summed E-state index contributed by atoms with van der Waals surface area (Å²) in [6, 6.07) is 23.5. The molecule has 0 radical (unpaired) electrons. The van der Waals surface area contributed by atoms with Gasteiger partial charge in [0.15, 0.2) is 0 Å². The van der Waals surface area contributed by atoms with Crippen molar-refractivity contribution in [2.45, 2.75) is 0 Å². The van der Waals surface area contributed by atoms with Crippen molar-refractivity contribution >= 4 is 17.9 Å². The molecule has 0 aliphatic rings. The minimum absolute atomic E-state index is 0. The maximum absolute atomic E-state index is 10.6. The third kappa shape index (κ3) is 15.6. The quantitative estimate of drug-likeness (QED) is 0.108. The zero-order valence-corrected chi connectivity index (χ0v) is 34.0. The Bertz CT molecular complexity index is 1330. The molecule has 0 spiro atoms. The number of hydrogen-bond donors (Lipinski definition) is 0. The molecule has 0 saturated heterocycles. The Balaban J connectivity index is 0.00000337. The Hall–Kier alpha value is -1.00. The number of aliphatic carboxylic acids is 3. The summed E-state index contributed by atoms with van der Waals surface area (Å²) in [6.07, 6.45) is 0. The van der Waals surface area contributed by atoms with Crippen molar-refractivity contribution in [3.63, 3.8) is 0 Å². The molecule has 0 amide bonds. The van der Waals surface area contributed by atoms with Crippen LogP contribution in [0.1, 0.15) is 0 Å². The van der Waals surface area contributed by atoms with Crippen LogP contribution in [0.3, 0.4) is 0 Å². The van der Waals surface area contributed by atoms with Gasteiger partial charge in [-0.25, -0.2) is 0 Å². The van der Waals surface area contributed by atoms with Gasteiger partial charge in [-0.2, -0.15) is 0 Å². The van der Waals surface area contributed by atoms with Crippen LogP contribution in [0.4, 0.5) is 0 Å². The van der Waals surface area contributed by atoms with Gasteiger partial charge in [-0.1, -0.05) is 0 Å². The van der Waals surface area contributed by atoms with Gasteiger partial charge in [0.25, 0.3) is 0 Å². The predicted molar refractivity (Wildman–Crippen MR) is 137 cm³/mol. The van der Waals surface area contributed by atoms with Crippen LogP contribution in [0.25, 0.3) is 0 Å². The zero-order valence-electron chi connectivity index (χ0n) is 24.7. The van der Waals surface area contributed by atoms with E-state index >= 15 is 0 Å². The van der Waals surface area contributed by atoms with Crippen LogP contribution in [0.2, 0.25) is 0 Å². The Kier molecular flexibility index (Phi) is 20.3. The molecule has 0 saturated carbocycles. The van der Waals surface area contributed by atoms with E-state index in [-0.39, 0.29) is 154 Å². The topological polar surface area (TPSA) is 176 Å². The molecule has 15 heteroatoms. The largest absolute Gasteiger partial charge is 1.00 e. The number of carboxylic acids is 3. The fourth-order valence-electron chi connectivity index (χ4n) is 3.37. The summed E-state index contributed by atoms with van der Waals surface area (Å²) in [5.41, 5.74) is 0. The van der Waals surface area contributed by atoms with E-state index in [9.17, 15) is 29.7 Å². The first-order valence-corrected chi connectivity index (χ1v) is 12.2. The molecule has 0 aliphatic carbocycles. The van der Waals surface area contributed by atoms with Crippen LogP contribution in [0, 0.1) is 0 Å². The molecule has 0 N–H and O–H groups in total. The number of carbonyl (C=O) groups is 3. The Morgan fingerprint density at radius 3 is 0.778 bits per heavy atom. The van der Waals surface area contributed by atoms with E-state index in [1.54, 1.807) is 54.6 Å². The fourth-order valence-corrected chi connectivity index (χ4v) is 3.37. The van der Waals surface area contributed by atoms with Crippen molar-refractivity contribution in [2.75, 3.05) is 19.8 Å². The normalized spacial score (nSPS) is 9.60. The molecule has 4 aromatic carbocycles. The SMILES string of the molecule is O=C([O-])COc1ccc(Oc2cc(Oc3ccc(OCC(=O)[O-])cc3)cc(Oc3ccc(OCC(=O)[O-])cc3)c2)cc1.[K+].[K+].[K+]. The van der Waals surface area contributed by atoms with Gasteiger partial charge >= 0.3 is 154 Å². The average molecular weight is 691 g/mol. The Morgan fingerprint density at radius 1 is 0.378 bits per heavy atom. The molecule has 4 aromatic rings. The van der Waals surface area contributed by atoms with Gasteiger partial charge in [0, 0.05) is 18.2 Å². The minimum Gasteiger partial charge on any atom is -0.546 e. The van der Waals surface area contributed by atoms with E-state index in [0.29, 0.717) is 51.7 Å². The summed E-state index contributed by atoms with van der Waals surface area (Å²) in [7, 11) is 0. The molecule has 216 valence electrons. The first kappa shape index (κ1) is 42.0. The van der Waals surface area contributed by atoms with Crippen molar-refractivity contribution < 1.29 is 212 Å². The summed E-state index contributed by atoms with van der Waals surface area (Å²) in [5, 5.41) is 31.8. The fraction of sp³-hybridized carbons (Fsp3) is 0.100. The third-order valence-electron chi connectivity index (χ3n) is 5.10. The summed E-state index contributed by atoms with van der Waals surface area (Å²) in [6.45, 7) is -1.77. The van der Waals surface area contributed by atoms with Crippen molar-refractivity contribution in [1.82, 2.24) is 0 Å². The number of carboxylic acid groups (broad SMARTS) is 3. The average Bonchev–Trinajstić information content (AvgIpc) is 2.96. The number of carbonyl (C=O) groups excluding carboxylic acids is 3. The Morgan fingerprint density at radius 2 is 0.578 bits per heavy atom. The van der Waals surface area contributed by atoms with Gasteiger partial charge in [0.2, 0.25) is 0 Å². The summed E-state index contributed by atoms with van der Waals surface area (Å²) >= 11 is 0. The molecule has 0 heterocycles. The predicted octanol–water partition coefficient (Wildman–Crippen LogP) is -7.54. The van der Waals surface area contributed by atoms with Crippen LogP contribution < -0.4 is 198 Å². The minimum atomic E-state index is -1.35. The van der Waals surface area contributed by atoms with Gasteiger partial charge in [0.05, 0.1) is 17.9 Å². The van der Waals surface area contributed by atoms with Gasteiger partial charge in [-0.3, -0.25) is 0 Å². The van der Waals surface area contributed by atoms with E-state index in [1.807, 2.05) is 0 Å². The molecule has 45 heavy (non-hydrogen) atoms. The smallest absolute Gasteiger partial charge is 0.546 e. The van der Waals surface area contributed by atoms with Gasteiger partial charge < -0.3 is 58.1 Å². The van der Waals surface area contributed by atoms with E-state index in [2.05, 4.69) is 0 Å². The Labute approximate surface area is 385 Å². The second-order valence-corrected chi connectivity index (χ2v) is 8.34. The number of rotatable bonds is 15. The first-order chi connectivity index (χ1) is 20.2. The standard InChI is InChI=1S/C30H24O12.3K/c31-28(32)16-37-19-1-7-22(8-2-19)40-25-13-26(41-23-9-3-20(4-10-23)38-17-29(33)34)15-27(14-25)42-24-11-5-21(6-12-24)39-18-30(35)36;;;/h1-15H,16-18H2,(H,31,32)(H,33,34)(H,35,36);;;/q;3*+1/p-3. The number of hydrogen-bond acceptors (Lipinski definition) is 12. The summed E-state index contributed by atoms with van der Waals surface area (Å²) in [5.74, 6) is -0.910. The maximum atomic E-state index is 10.6. The van der Waals surface area contributed by atoms with Crippen LogP contribution >= 0.6 is 0 Å². The van der Waals surface area contributed by atoms with Crippen LogP contribution in [0.5, 0.6) is 51.7 Å². The van der Waals surface area contributed by atoms with E-state index < -0.39 is 37.7 Å². The first-order valence-electron chi connectivity index (χ1n) is 12.2. The van der Waals surface area contributed by atoms with Crippen LogP contribution in [-0.2, 0) is 14.4 Å².